The molecular weight excluding hydrogens is 214 g/mol. The van der Waals surface area contributed by atoms with Gasteiger partial charge in [-0.15, -0.1) is 0 Å². The fourth-order valence-electron chi connectivity index (χ4n) is 2.26. The lowest BCUT2D eigenvalue weighted by molar-refractivity contribution is 0.0819. The molecule has 0 aromatic carbocycles. The highest BCUT2D eigenvalue weighted by atomic mass is 16.3. The zero-order valence-corrected chi connectivity index (χ0v) is 12.0. The molecule has 0 saturated carbocycles. The van der Waals surface area contributed by atoms with Crippen molar-refractivity contribution >= 4 is 0 Å². The number of hydrogen-bond acceptors (Lipinski definition) is 3. The third kappa shape index (κ3) is 5.36. The van der Waals surface area contributed by atoms with Gasteiger partial charge in [0.25, 0.3) is 0 Å². The summed E-state index contributed by atoms with van der Waals surface area (Å²) in [7, 11) is 0. The van der Waals surface area contributed by atoms with E-state index in [0.29, 0.717) is 12.5 Å². The van der Waals surface area contributed by atoms with Gasteiger partial charge in [-0.3, -0.25) is 0 Å². The van der Waals surface area contributed by atoms with E-state index >= 15 is 0 Å². The lowest BCUT2D eigenvalue weighted by Gasteiger charge is -2.31. The third-order valence-electron chi connectivity index (χ3n) is 4.28. The van der Waals surface area contributed by atoms with Crippen LogP contribution in [0.3, 0.4) is 0 Å². The van der Waals surface area contributed by atoms with Gasteiger partial charge in [0.15, 0.2) is 0 Å². The standard InChI is InChI=1S/C14H31NO2/c1-5-12(6-2)13(17)9-15-10-14(7-3,8-4)11-16/h12-13,15-17H,5-11H2,1-4H3. The molecular formula is C14H31NO2. The van der Waals surface area contributed by atoms with Crippen LogP contribution in [0.1, 0.15) is 53.4 Å². The smallest absolute Gasteiger partial charge is 0.0692 e. The van der Waals surface area contributed by atoms with Crippen molar-refractivity contribution in [3.63, 3.8) is 0 Å². The SMILES string of the molecule is CCC(CC)C(O)CNCC(CC)(CC)CO. The van der Waals surface area contributed by atoms with E-state index in [1.54, 1.807) is 0 Å². The van der Waals surface area contributed by atoms with Gasteiger partial charge < -0.3 is 15.5 Å². The molecule has 17 heavy (non-hydrogen) atoms. The van der Waals surface area contributed by atoms with Crippen molar-refractivity contribution in [2.45, 2.75) is 59.5 Å². The maximum absolute atomic E-state index is 10.00. The second-order valence-corrected chi connectivity index (χ2v) is 5.14. The normalized spacial score (nSPS) is 14.3. The molecule has 0 heterocycles. The average molecular weight is 245 g/mol. The molecule has 0 aromatic rings. The van der Waals surface area contributed by atoms with Crippen molar-refractivity contribution in [2.24, 2.45) is 11.3 Å². The molecule has 3 nitrogen and oxygen atoms in total. The van der Waals surface area contributed by atoms with Gasteiger partial charge in [0, 0.05) is 25.1 Å². The van der Waals surface area contributed by atoms with Crippen LogP contribution in [0.2, 0.25) is 0 Å². The summed E-state index contributed by atoms with van der Waals surface area (Å²) in [5, 5.41) is 22.8. The summed E-state index contributed by atoms with van der Waals surface area (Å²) in [6.07, 6.45) is 3.70. The number of aliphatic hydroxyl groups excluding tert-OH is 2. The van der Waals surface area contributed by atoms with Gasteiger partial charge in [-0.2, -0.15) is 0 Å². The largest absolute Gasteiger partial charge is 0.396 e. The summed E-state index contributed by atoms with van der Waals surface area (Å²) in [5.74, 6) is 0.384. The minimum atomic E-state index is -0.268. The van der Waals surface area contributed by atoms with Crippen LogP contribution in [0.25, 0.3) is 0 Å². The van der Waals surface area contributed by atoms with Gasteiger partial charge in [-0.05, 0) is 18.8 Å². The van der Waals surface area contributed by atoms with Gasteiger partial charge in [-0.25, -0.2) is 0 Å². The van der Waals surface area contributed by atoms with Gasteiger partial charge in [0.2, 0.25) is 0 Å². The van der Waals surface area contributed by atoms with Crippen molar-refractivity contribution < 1.29 is 10.2 Å². The number of nitrogens with one attached hydrogen (secondary N) is 1. The van der Waals surface area contributed by atoms with E-state index in [9.17, 15) is 10.2 Å². The van der Waals surface area contributed by atoms with E-state index in [1.807, 2.05) is 0 Å². The molecule has 0 rings (SSSR count). The zero-order valence-electron chi connectivity index (χ0n) is 12.0. The Kier molecular flexibility index (Phi) is 8.83. The van der Waals surface area contributed by atoms with Crippen molar-refractivity contribution in [1.29, 1.82) is 0 Å². The Morgan fingerprint density at radius 1 is 1.06 bits per heavy atom. The molecule has 0 spiro atoms. The molecule has 0 fully saturated rings. The molecule has 0 radical (unpaired) electrons. The summed E-state index contributed by atoms with van der Waals surface area (Å²) in [4.78, 5) is 0. The van der Waals surface area contributed by atoms with E-state index < -0.39 is 0 Å². The number of hydrogen-bond donors (Lipinski definition) is 3. The van der Waals surface area contributed by atoms with Crippen LogP contribution < -0.4 is 5.32 Å². The van der Waals surface area contributed by atoms with E-state index in [4.69, 9.17) is 0 Å². The Balaban J connectivity index is 4.03. The second kappa shape index (κ2) is 8.90. The average Bonchev–Trinajstić information content (AvgIpc) is 2.37. The lowest BCUT2D eigenvalue weighted by Crippen LogP contribution is -2.41. The maximum atomic E-state index is 10.00. The predicted molar refractivity (Wildman–Crippen MR) is 73.0 cm³/mol. The van der Waals surface area contributed by atoms with Crippen LogP contribution in [0.4, 0.5) is 0 Å². The maximum Gasteiger partial charge on any atom is 0.0692 e. The first-order valence-corrected chi connectivity index (χ1v) is 7.08. The van der Waals surface area contributed by atoms with Crippen LogP contribution >= 0.6 is 0 Å². The first-order valence-electron chi connectivity index (χ1n) is 7.08. The quantitative estimate of drug-likeness (QED) is 0.553. The fraction of sp³-hybridized carbons (Fsp3) is 1.00. The molecule has 3 heteroatoms. The molecule has 3 N–H and O–H groups in total. The topological polar surface area (TPSA) is 52.5 Å². The summed E-state index contributed by atoms with van der Waals surface area (Å²) < 4.78 is 0. The fourth-order valence-corrected chi connectivity index (χ4v) is 2.26. The highest BCUT2D eigenvalue weighted by Gasteiger charge is 2.25. The Morgan fingerprint density at radius 3 is 1.94 bits per heavy atom. The first-order chi connectivity index (χ1) is 8.09. The minimum absolute atomic E-state index is 0.0202. The molecule has 1 unspecified atom stereocenters. The van der Waals surface area contributed by atoms with Crippen LogP contribution in [0, 0.1) is 11.3 Å². The zero-order chi connectivity index (χ0) is 13.3. The Bertz CT molecular complexity index is 169. The van der Waals surface area contributed by atoms with Gasteiger partial charge in [0.1, 0.15) is 0 Å². The monoisotopic (exact) mass is 245 g/mol. The summed E-state index contributed by atoms with van der Waals surface area (Å²) in [6.45, 7) is 10.1. The molecule has 0 saturated heterocycles. The van der Waals surface area contributed by atoms with Crippen LogP contribution in [-0.4, -0.2) is 36.0 Å². The summed E-state index contributed by atoms with van der Waals surface area (Å²) in [6, 6.07) is 0. The molecule has 0 aliphatic heterocycles. The third-order valence-corrected chi connectivity index (χ3v) is 4.28. The highest BCUT2D eigenvalue weighted by molar-refractivity contribution is 4.79. The van der Waals surface area contributed by atoms with Crippen molar-refractivity contribution in [3.05, 3.63) is 0 Å². The van der Waals surface area contributed by atoms with Gasteiger partial charge in [0.05, 0.1) is 6.10 Å². The molecule has 1 atom stereocenters. The summed E-state index contributed by atoms with van der Waals surface area (Å²) in [5.41, 5.74) is -0.0202. The number of aliphatic hydroxyl groups is 2. The molecule has 104 valence electrons. The first kappa shape index (κ1) is 16.9. The van der Waals surface area contributed by atoms with E-state index in [1.165, 1.54) is 0 Å². The van der Waals surface area contributed by atoms with Gasteiger partial charge >= 0.3 is 0 Å². The Morgan fingerprint density at radius 2 is 1.59 bits per heavy atom. The Labute approximate surface area is 107 Å². The van der Waals surface area contributed by atoms with Crippen LogP contribution in [0.15, 0.2) is 0 Å². The van der Waals surface area contributed by atoms with E-state index in [0.717, 1.165) is 32.2 Å². The van der Waals surface area contributed by atoms with E-state index in [-0.39, 0.29) is 18.1 Å². The van der Waals surface area contributed by atoms with Crippen molar-refractivity contribution in [3.8, 4) is 0 Å². The lowest BCUT2D eigenvalue weighted by atomic mass is 9.83. The van der Waals surface area contributed by atoms with Crippen LogP contribution in [-0.2, 0) is 0 Å². The molecule has 0 aliphatic carbocycles. The summed E-state index contributed by atoms with van der Waals surface area (Å²) >= 11 is 0. The molecule has 0 aromatic heterocycles. The van der Waals surface area contributed by atoms with Crippen LogP contribution in [0.5, 0.6) is 0 Å². The van der Waals surface area contributed by atoms with E-state index in [2.05, 4.69) is 33.0 Å². The minimum Gasteiger partial charge on any atom is -0.396 e. The molecule has 0 amide bonds. The molecule has 0 bridgehead atoms. The number of rotatable bonds is 10. The second-order valence-electron chi connectivity index (χ2n) is 5.14. The van der Waals surface area contributed by atoms with Crippen molar-refractivity contribution in [1.82, 2.24) is 5.32 Å². The predicted octanol–water partition coefficient (Wildman–Crippen LogP) is 2.17. The van der Waals surface area contributed by atoms with Gasteiger partial charge in [-0.1, -0.05) is 40.5 Å². The highest BCUT2D eigenvalue weighted by Crippen LogP contribution is 2.24. The van der Waals surface area contributed by atoms with Crippen molar-refractivity contribution in [2.75, 3.05) is 19.7 Å². The Hall–Kier alpha value is -0.120. The molecule has 0 aliphatic rings.